The van der Waals surface area contributed by atoms with Gasteiger partial charge in [0.1, 0.15) is 17.4 Å². The van der Waals surface area contributed by atoms with Gasteiger partial charge in [-0.2, -0.15) is 31.7 Å². The Kier molecular flexibility index (Phi) is 9.53. The second-order valence-electron chi connectivity index (χ2n) is 10.2. The van der Waals surface area contributed by atoms with Crippen molar-refractivity contribution < 1.29 is 22.8 Å². The van der Waals surface area contributed by atoms with Gasteiger partial charge in [0, 0.05) is 19.6 Å². The maximum Gasteiger partial charge on any atom is 0.433 e. The first-order valence-electron chi connectivity index (χ1n) is 12.0. The SMILES string of the molecule is C.C.Cc1nc(NC2CC(CN3Cc4nc(C(F)(F)F)ccc4C3=O)C2)nc2c1NC(=O)[C@H](C(C)C)N2C.S. The van der Waals surface area contributed by atoms with Gasteiger partial charge in [-0.05, 0) is 43.7 Å². The summed E-state index contributed by atoms with van der Waals surface area (Å²) in [5.74, 6) is 1.13. The molecule has 13 heteroatoms. The largest absolute Gasteiger partial charge is 0.433 e. The van der Waals surface area contributed by atoms with Crippen molar-refractivity contribution in [2.24, 2.45) is 11.8 Å². The van der Waals surface area contributed by atoms with Crippen molar-refractivity contribution in [3.8, 4) is 0 Å². The topological polar surface area (TPSA) is 103 Å². The summed E-state index contributed by atoms with van der Waals surface area (Å²) < 4.78 is 38.9. The lowest BCUT2D eigenvalue weighted by Gasteiger charge is -2.39. The van der Waals surface area contributed by atoms with Crippen molar-refractivity contribution in [2.45, 2.75) is 73.3 Å². The first-order chi connectivity index (χ1) is 16.9. The van der Waals surface area contributed by atoms with Crippen LogP contribution in [-0.2, 0) is 17.5 Å². The normalized spacial score (nSPS) is 21.6. The summed E-state index contributed by atoms with van der Waals surface area (Å²) in [6.07, 6.45) is -2.98. The maximum atomic E-state index is 13.0. The van der Waals surface area contributed by atoms with Crippen LogP contribution >= 0.6 is 13.5 Å². The number of likely N-dealkylation sites (N-methyl/N-ethyl adjacent to an activating group) is 1. The molecule has 216 valence electrons. The number of pyridine rings is 1. The molecule has 2 N–H and O–H groups in total. The van der Waals surface area contributed by atoms with Crippen LogP contribution in [0.4, 0.5) is 30.6 Å². The van der Waals surface area contributed by atoms with Gasteiger partial charge in [-0.1, -0.05) is 28.7 Å². The molecule has 1 fully saturated rings. The standard InChI is InChI=1S/C24H28F3N7O2.2CH4.H2S/c1-11(2)19-21(35)31-18-12(3)28-23(32-20(18)33(19)4)29-14-7-13(8-14)9-34-10-16-15(22(34)36)5-6-17(30-16)24(25,26)27;;;/h5-6,11,13-14,19H,7-10H2,1-4H3,(H,31,35)(H,28,29,32);2*1H4;1H2/t13?,14?,19-;;;/m0.../s1. The summed E-state index contributed by atoms with van der Waals surface area (Å²) in [5.41, 5.74) is 0.732. The number of aryl methyl sites for hydroxylation is 1. The summed E-state index contributed by atoms with van der Waals surface area (Å²) >= 11 is 0. The summed E-state index contributed by atoms with van der Waals surface area (Å²) in [5, 5.41) is 6.28. The molecule has 39 heavy (non-hydrogen) atoms. The smallest absolute Gasteiger partial charge is 0.351 e. The Labute approximate surface area is 234 Å². The van der Waals surface area contributed by atoms with E-state index >= 15 is 0 Å². The van der Waals surface area contributed by atoms with Crippen molar-refractivity contribution in [1.29, 1.82) is 0 Å². The minimum atomic E-state index is -4.54. The molecule has 2 aliphatic heterocycles. The molecule has 0 unspecified atom stereocenters. The number of carbonyl (C=O) groups is 2. The van der Waals surface area contributed by atoms with Crippen LogP contribution in [0.1, 0.15) is 69.0 Å². The van der Waals surface area contributed by atoms with E-state index in [-0.39, 0.29) is 81.9 Å². The lowest BCUT2D eigenvalue weighted by molar-refractivity contribution is -0.141. The minimum Gasteiger partial charge on any atom is -0.351 e. The van der Waals surface area contributed by atoms with E-state index in [0.29, 0.717) is 29.7 Å². The second kappa shape index (κ2) is 11.6. The summed E-state index contributed by atoms with van der Waals surface area (Å²) in [6.45, 7) is 6.36. The Morgan fingerprint density at radius 3 is 2.41 bits per heavy atom. The number of fused-ring (bicyclic) bond motifs is 2. The Morgan fingerprint density at radius 2 is 1.79 bits per heavy atom. The zero-order valence-corrected chi connectivity index (χ0v) is 22.0. The Hall–Kier alpha value is -3.09. The van der Waals surface area contributed by atoms with Crippen LogP contribution in [0.2, 0.25) is 0 Å². The molecule has 2 amide bonds. The van der Waals surface area contributed by atoms with Crippen molar-refractivity contribution >= 4 is 42.8 Å². The first kappa shape index (κ1) is 32.1. The number of amides is 2. The number of nitrogens with one attached hydrogen (secondary N) is 2. The summed E-state index contributed by atoms with van der Waals surface area (Å²) in [4.78, 5) is 41.5. The van der Waals surface area contributed by atoms with Crippen LogP contribution in [0.15, 0.2) is 12.1 Å². The van der Waals surface area contributed by atoms with Crippen LogP contribution in [0.5, 0.6) is 0 Å². The zero-order chi connectivity index (χ0) is 25.9. The van der Waals surface area contributed by atoms with Crippen LogP contribution in [-0.4, -0.2) is 57.3 Å². The van der Waals surface area contributed by atoms with Gasteiger partial charge in [0.25, 0.3) is 5.91 Å². The fraction of sp³-hybridized carbons (Fsp3) is 0.577. The minimum absolute atomic E-state index is 0. The fourth-order valence-corrected chi connectivity index (χ4v) is 5.32. The molecule has 0 saturated heterocycles. The van der Waals surface area contributed by atoms with Gasteiger partial charge in [-0.3, -0.25) is 9.59 Å². The molecule has 2 aromatic heterocycles. The van der Waals surface area contributed by atoms with E-state index in [1.54, 1.807) is 4.90 Å². The van der Waals surface area contributed by atoms with Crippen LogP contribution in [0, 0.1) is 18.8 Å². The van der Waals surface area contributed by atoms with Gasteiger partial charge >= 0.3 is 6.18 Å². The molecule has 5 rings (SSSR count). The van der Waals surface area contributed by atoms with Crippen molar-refractivity contribution in [2.75, 3.05) is 29.1 Å². The molecule has 4 heterocycles. The number of alkyl halides is 3. The van der Waals surface area contributed by atoms with E-state index in [1.165, 1.54) is 6.07 Å². The van der Waals surface area contributed by atoms with Crippen molar-refractivity contribution in [3.63, 3.8) is 0 Å². The van der Waals surface area contributed by atoms with E-state index in [9.17, 15) is 22.8 Å². The van der Waals surface area contributed by atoms with Gasteiger partial charge in [0.15, 0.2) is 5.82 Å². The molecule has 3 aliphatic rings. The van der Waals surface area contributed by atoms with E-state index in [2.05, 4.69) is 25.6 Å². The molecule has 0 spiro atoms. The number of hydrogen-bond donors (Lipinski definition) is 2. The van der Waals surface area contributed by atoms with E-state index in [4.69, 9.17) is 0 Å². The van der Waals surface area contributed by atoms with Crippen LogP contribution in [0.25, 0.3) is 0 Å². The number of anilines is 3. The molecule has 0 aromatic carbocycles. The quantitative estimate of drug-likeness (QED) is 0.531. The summed E-state index contributed by atoms with van der Waals surface area (Å²) in [7, 11) is 1.86. The Bertz CT molecular complexity index is 1230. The Balaban J connectivity index is 0.00000178. The predicted molar refractivity (Wildman–Crippen MR) is 150 cm³/mol. The van der Waals surface area contributed by atoms with Gasteiger partial charge in [-0.25, -0.2) is 9.97 Å². The third-order valence-corrected chi connectivity index (χ3v) is 7.14. The van der Waals surface area contributed by atoms with Crippen LogP contribution in [0.3, 0.4) is 0 Å². The number of rotatable bonds is 5. The number of aromatic nitrogens is 3. The predicted octanol–water partition coefficient (Wildman–Crippen LogP) is 4.84. The third-order valence-electron chi connectivity index (χ3n) is 7.14. The fourth-order valence-electron chi connectivity index (χ4n) is 5.32. The van der Waals surface area contributed by atoms with E-state index < -0.39 is 11.9 Å². The third kappa shape index (κ3) is 5.92. The Morgan fingerprint density at radius 1 is 1.13 bits per heavy atom. The van der Waals surface area contributed by atoms with Gasteiger partial charge < -0.3 is 20.4 Å². The monoisotopic (exact) mass is 569 g/mol. The van der Waals surface area contributed by atoms with Crippen molar-refractivity contribution in [3.05, 3.63) is 34.8 Å². The molecular formula is C26H38F3N7O2S. The highest BCUT2D eigenvalue weighted by molar-refractivity contribution is 7.59. The molecule has 1 aliphatic carbocycles. The van der Waals surface area contributed by atoms with E-state index in [0.717, 1.165) is 18.9 Å². The van der Waals surface area contributed by atoms with Crippen LogP contribution < -0.4 is 15.5 Å². The zero-order valence-electron chi connectivity index (χ0n) is 21.0. The average Bonchev–Trinajstić information content (AvgIpc) is 3.07. The number of nitrogens with zero attached hydrogens (tertiary/aromatic N) is 5. The molecule has 0 bridgehead atoms. The molecule has 0 radical (unpaired) electrons. The lowest BCUT2D eigenvalue weighted by Crippen LogP contribution is -2.50. The molecule has 1 atom stereocenters. The highest BCUT2D eigenvalue weighted by atomic mass is 32.1. The molecule has 1 saturated carbocycles. The average molecular weight is 570 g/mol. The molecule has 9 nitrogen and oxygen atoms in total. The summed E-state index contributed by atoms with van der Waals surface area (Å²) in [6, 6.07) is 1.87. The number of carbonyl (C=O) groups excluding carboxylic acids is 2. The van der Waals surface area contributed by atoms with Gasteiger partial charge in [0.2, 0.25) is 11.9 Å². The van der Waals surface area contributed by atoms with E-state index in [1.807, 2.05) is 32.7 Å². The maximum absolute atomic E-state index is 13.0. The van der Waals surface area contributed by atoms with Gasteiger partial charge in [0.05, 0.1) is 23.5 Å². The highest BCUT2D eigenvalue weighted by Crippen LogP contribution is 2.37. The number of hydrogen-bond acceptors (Lipinski definition) is 7. The van der Waals surface area contributed by atoms with Gasteiger partial charge in [-0.15, -0.1) is 0 Å². The molecular weight excluding hydrogens is 531 g/mol. The van der Waals surface area contributed by atoms with Crippen molar-refractivity contribution in [1.82, 2.24) is 19.9 Å². The lowest BCUT2D eigenvalue weighted by atomic mass is 9.80. The highest BCUT2D eigenvalue weighted by Gasteiger charge is 2.39. The second-order valence-corrected chi connectivity index (χ2v) is 10.2. The number of halogens is 3. The molecule has 2 aromatic rings. The first-order valence-corrected chi connectivity index (χ1v) is 12.0.